The topological polar surface area (TPSA) is 72.7 Å². The maximum Gasteiger partial charge on any atom is 0.191 e. The standard InChI is InChI=1S/C21H39N5O2.HI/c1-6-22-21(23-10-7-11-28-15-19-8-12-27-13-9-19)24-16(2)14-20-17(3)25-26(5)18(20)4;/h16,19H,6-15H2,1-5H3,(H2,22,23,24);1H. The Kier molecular flexibility index (Phi) is 12.8. The Hall–Kier alpha value is -0.870. The van der Waals surface area contributed by atoms with E-state index in [0.29, 0.717) is 5.92 Å². The summed E-state index contributed by atoms with van der Waals surface area (Å²) in [6, 6.07) is 0.282. The zero-order valence-electron chi connectivity index (χ0n) is 18.8. The van der Waals surface area contributed by atoms with E-state index in [-0.39, 0.29) is 30.0 Å². The molecule has 1 atom stereocenters. The van der Waals surface area contributed by atoms with Crippen LogP contribution in [0.1, 0.15) is 50.1 Å². The monoisotopic (exact) mass is 521 g/mol. The molecule has 0 aliphatic carbocycles. The van der Waals surface area contributed by atoms with E-state index < -0.39 is 0 Å². The van der Waals surface area contributed by atoms with Crippen LogP contribution in [0.3, 0.4) is 0 Å². The molecule has 7 nitrogen and oxygen atoms in total. The summed E-state index contributed by atoms with van der Waals surface area (Å²) in [6.45, 7) is 13.5. The lowest BCUT2D eigenvalue weighted by Crippen LogP contribution is -2.43. The fourth-order valence-electron chi connectivity index (χ4n) is 3.54. The van der Waals surface area contributed by atoms with E-state index in [0.717, 1.165) is 76.9 Å². The molecule has 0 bridgehead atoms. The van der Waals surface area contributed by atoms with Gasteiger partial charge in [-0.2, -0.15) is 5.10 Å². The van der Waals surface area contributed by atoms with Crippen LogP contribution < -0.4 is 10.6 Å². The molecule has 0 aromatic carbocycles. The zero-order valence-corrected chi connectivity index (χ0v) is 21.1. The molecule has 1 aliphatic heterocycles. The maximum absolute atomic E-state index is 5.83. The Bertz CT molecular complexity index is 614. The van der Waals surface area contributed by atoms with Crippen molar-refractivity contribution in [3.05, 3.63) is 17.0 Å². The molecule has 1 unspecified atom stereocenters. The van der Waals surface area contributed by atoms with Crippen LogP contribution in [0.5, 0.6) is 0 Å². The molecule has 29 heavy (non-hydrogen) atoms. The fourth-order valence-corrected chi connectivity index (χ4v) is 3.54. The molecule has 1 aromatic rings. The van der Waals surface area contributed by atoms with Crippen LogP contribution in [0.15, 0.2) is 4.99 Å². The van der Waals surface area contributed by atoms with Crippen molar-refractivity contribution in [2.75, 3.05) is 39.5 Å². The molecule has 1 fully saturated rings. The van der Waals surface area contributed by atoms with Crippen LogP contribution in [0, 0.1) is 19.8 Å². The second-order valence-corrected chi connectivity index (χ2v) is 7.77. The number of ether oxygens (including phenoxy) is 2. The first-order chi connectivity index (χ1) is 13.5. The van der Waals surface area contributed by atoms with Crippen molar-refractivity contribution >= 4 is 29.9 Å². The molecule has 0 spiro atoms. The first kappa shape index (κ1) is 26.2. The van der Waals surface area contributed by atoms with Gasteiger partial charge in [-0.05, 0) is 64.9 Å². The second-order valence-electron chi connectivity index (χ2n) is 7.77. The minimum atomic E-state index is 0. The van der Waals surface area contributed by atoms with Crippen LogP contribution in [-0.2, 0) is 22.9 Å². The number of hydrogen-bond donors (Lipinski definition) is 2. The predicted octanol–water partition coefficient (Wildman–Crippen LogP) is 2.97. The maximum atomic E-state index is 5.83. The summed E-state index contributed by atoms with van der Waals surface area (Å²) in [4.78, 5) is 4.70. The van der Waals surface area contributed by atoms with Crippen molar-refractivity contribution in [1.29, 1.82) is 0 Å². The van der Waals surface area contributed by atoms with Gasteiger partial charge in [0.2, 0.25) is 0 Å². The van der Waals surface area contributed by atoms with Gasteiger partial charge in [0.1, 0.15) is 0 Å². The average Bonchev–Trinajstić information content (AvgIpc) is 2.91. The number of aryl methyl sites for hydroxylation is 2. The van der Waals surface area contributed by atoms with E-state index in [2.05, 4.69) is 43.4 Å². The number of nitrogens with zero attached hydrogens (tertiary/aromatic N) is 3. The second kappa shape index (κ2) is 14.2. The Morgan fingerprint density at radius 1 is 1.34 bits per heavy atom. The quantitative estimate of drug-likeness (QED) is 0.215. The van der Waals surface area contributed by atoms with Crippen molar-refractivity contribution in [1.82, 2.24) is 20.4 Å². The van der Waals surface area contributed by atoms with E-state index >= 15 is 0 Å². The van der Waals surface area contributed by atoms with Crippen molar-refractivity contribution in [2.24, 2.45) is 18.0 Å². The predicted molar refractivity (Wildman–Crippen MR) is 129 cm³/mol. The number of hydrogen-bond acceptors (Lipinski definition) is 4. The van der Waals surface area contributed by atoms with Gasteiger partial charge in [-0.3, -0.25) is 9.67 Å². The molecular formula is C21H40IN5O2. The zero-order chi connectivity index (χ0) is 20.4. The summed E-state index contributed by atoms with van der Waals surface area (Å²) in [5, 5.41) is 11.4. The molecule has 0 radical (unpaired) electrons. The third-order valence-corrected chi connectivity index (χ3v) is 5.31. The normalized spacial score (nSPS) is 16.4. The van der Waals surface area contributed by atoms with Crippen molar-refractivity contribution in [3.63, 3.8) is 0 Å². The van der Waals surface area contributed by atoms with Gasteiger partial charge in [0.25, 0.3) is 0 Å². The van der Waals surface area contributed by atoms with Gasteiger partial charge in [0, 0.05) is 58.3 Å². The Morgan fingerprint density at radius 2 is 2.07 bits per heavy atom. The highest BCUT2D eigenvalue weighted by molar-refractivity contribution is 14.0. The molecule has 168 valence electrons. The molecule has 0 amide bonds. The molecule has 2 heterocycles. The van der Waals surface area contributed by atoms with Gasteiger partial charge < -0.3 is 20.1 Å². The SMILES string of the molecule is CCNC(=NCCCOCC1CCOCC1)NC(C)Cc1c(C)nn(C)c1C.I. The van der Waals surface area contributed by atoms with E-state index in [9.17, 15) is 0 Å². The average molecular weight is 521 g/mol. The van der Waals surface area contributed by atoms with Crippen LogP contribution in [0.2, 0.25) is 0 Å². The lowest BCUT2D eigenvalue weighted by molar-refractivity contribution is 0.0205. The summed E-state index contributed by atoms with van der Waals surface area (Å²) in [7, 11) is 2.00. The number of aromatic nitrogens is 2. The summed E-state index contributed by atoms with van der Waals surface area (Å²) in [5.74, 6) is 1.54. The first-order valence-corrected chi connectivity index (χ1v) is 10.7. The number of rotatable bonds is 10. The Balaban J connectivity index is 0.00000420. The van der Waals surface area contributed by atoms with Gasteiger partial charge in [-0.1, -0.05) is 0 Å². The first-order valence-electron chi connectivity index (χ1n) is 10.7. The van der Waals surface area contributed by atoms with Crippen LogP contribution in [0.25, 0.3) is 0 Å². The van der Waals surface area contributed by atoms with E-state index in [1.165, 1.54) is 11.3 Å². The summed E-state index contributed by atoms with van der Waals surface area (Å²) < 4.78 is 13.2. The van der Waals surface area contributed by atoms with Gasteiger partial charge in [-0.15, -0.1) is 24.0 Å². The van der Waals surface area contributed by atoms with E-state index in [1.807, 2.05) is 11.7 Å². The summed E-state index contributed by atoms with van der Waals surface area (Å²) >= 11 is 0. The van der Waals surface area contributed by atoms with Crippen LogP contribution >= 0.6 is 24.0 Å². The third-order valence-electron chi connectivity index (χ3n) is 5.31. The highest BCUT2D eigenvalue weighted by Crippen LogP contribution is 2.15. The molecule has 2 rings (SSSR count). The van der Waals surface area contributed by atoms with Gasteiger partial charge in [0.05, 0.1) is 5.69 Å². The largest absolute Gasteiger partial charge is 0.381 e. The van der Waals surface area contributed by atoms with E-state index in [4.69, 9.17) is 14.5 Å². The number of aliphatic imine (C=N–C) groups is 1. The highest BCUT2D eigenvalue weighted by Gasteiger charge is 2.14. The highest BCUT2D eigenvalue weighted by atomic mass is 127. The molecule has 0 saturated carbocycles. The molecule has 8 heteroatoms. The minimum Gasteiger partial charge on any atom is -0.381 e. The number of nitrogens with one attached hydrogen (secondary N) is 2. The Morgan fingerprint density at radius 3 is 2.69 bits per heavy atom. The lowest BCUT2D eigenvalue weighted by atomic mass is 10.0. The molecular weight excluding hydrogens is 481 g/mol. The van der Waals surface area contributed by atoms with Gasteiger partial charge in [-0.25, -0.2) is 0 Å². The number of guanidine groups is 1. The lowest BCUT2D eigenvalue weighted by Gasteiger charge is -2.21. The van der Waals surface area contributed by atoms with Crippen molar-refractivity contribution in [3.8, 4) is 0 Å². The molecule has 2 N–H and O–H groups in total. The number of halogens is 1. The van der Waals surface area contributed by atoms with E-state index in [1.54, 1.807) is 0 Å². The van der Waals surface area contributed by atoms with Crippen molar-refractivity contribution < 1.29 is 9.47 Å². The Labute approximate surface area is 193 Å². The van der Waals surface area contributed by atoms with Gasteiger partial charge >= 0.3 is 0 Å². The third kappa shape index (κ3) is 9.21. The smallest absolute Gasteiger partial charge is 0.191 e. The fraction of sp³-hybridized carbons (Fsp3) is 0.810. The molecule has 1 saturated heterocycles. The minimum absolute atomic E-state index is 0. The van der Waals surface area contributed by atoms with Crippen molar-refractivity contribution in [2.45, 2.75) is 59.4 Å². The van der Waals surface area contributed by atoms with Crippen LogP contribution in [0.4, 0.5) is 0 Å². The molecule has 1 aliphatic rings. The summed E-state index contributed by atoms with van der Waals surface area (Å²) in [6.07, 6.45) is 4.12. The van der Waals surface area contributed by atoms with Gasteiger partial charge in [0.15, 0.2) is 5.96 Å². The van der Waals surface area contributed by atoms with Crippen LogP contribution in [-0.4, -0.2) is 61.3 Å². The summed E-state index contributed by atoms with van der Waals surface area (Å²) in [5.41, 5.74) is 3.66. The molecule has 1 aromatic heterocycles.